The number of amides is 1. The summed E-state index contributed by atoms with van der Waals surface area (Å²) in [5, 5.41) is 4.02. The maximum absolute atomic E-state index is 12.5. The molecule has 7 heteroatoms. The number of rotatable bonds is 3. The number of anilines is 2. The molecule has 1 N–H and O–H groups in total. The van der Waals surface area contributed by atoms with E-state index in [1.165, 1.54) is 25.2 Å². The second-order valence-electron chi connectivity index (χ2n) is 5.71. The zero-order chi connectivity index (χ0) is 16.9. The minimum absolute atomic E-state index is 0.0632. The van der Waals surface area contributed by atoms with Crippen LogP contribution in [0.2, 0.25) is 10.0 Å². The van der Waals surface area contributed by atoms with Crippen LogP contribution in [0.3, 0.4) is 0 Å². The number of para-hydroxylation sites is 1. The predicted molar refractivity (Wildman–Crippen MR) is 96.1 cm³/mol. The van der Waals surface area contributed by atoms with Gasteiger partial charge < -0.3 is 10.2 Å². The Bertz CT molecular complexity index is 693. The van der Waals surface area contributed by atoms with E-state index < -0.39 is 0 Å². The minimum atomic E-state index is -0.0632. The summed E-state index contributed by atoms with van der Waals surface area (Å²) < 4.78 is 0. The number of aromatic nitrogens is 2. The highest BCUT2D eigenvalue weighted by atomic mass is 35.5. The van der Waals surface area contributed by atoms with E-state index in [9.17, 15) is 4.79 Å². The fourth-order valence-corrected chi connectivity index (χ4v) is 3.18. The normalized spacial score (nSPS) is 15.0. The van der Waals surface area contributed by atoms with Crippen molar-refractivity contribution in [3.63, 3.8) is 0 Å². The van der Waals surface area contributed by atoms with Gasteiger partial charge in [-0.15, -0.1) is 0 Å². The van der Waals surface area contributed by atoms with Crippen LogP contribution >= 0.6 is 23.2 Å². The Morgan fingerprint density at radius 2 is 1.67 bits per heavy atom. The van der Waals surface area contributed by atoms with Crippen LogP contribution in [0.4, 0.5) is 11.5 Å². The molecule has 0 atom stereocenters. The number of carbonyl (C=O) groups excluding carboxylic acids is 1. The van der Waals surface area contributed by atoms with Crippen LogP contribution in [0.15, 0.2) is 30.6 Å². The molecule has 0 bridgehead atoms. The number of benzene rings is 1. The lowest BCUT2D eigenvalue weighted by molar-refractivity contribution is 0.0755. The van der Waals surface area contributed by atoms with E-state index in [0.717, 1.165) is 25.9 Å². The fraction of sp³-hybridized carbons (Fsp3) is 0.353. The standard InChI is InChI=1S/C17H18Cl2N4O/c18-12-6-5-7-13(19)16(12)22-15-11-20-14(10-21-15)17(24)23-8-3-1-2-4-9-23/h5-7,10-11H,1-4,8-9H2,(H,21,22). The van der Waals surface area contributed by atoms with Gasteiger partial charge in [-0.3, -0.25) is 4.79 Å². The van der Waals surface area contributed by atoms with E-state index in [1.807, 2.05) is 4.90 Å². The van der Waals surface area contributed by atoms with Gasteiger partial charge in [0, 0.05) is 13.1 Å². The zero-order valence-corrected chi connectivity index (χ0v) is 14.6. The van der Waals surface area contributed by atoms with Crippen LogP contribution in [-0.2, 0) is 0 Å². The Hall–Kier alpha value is -1.85. The molecule has 0 aliphatic carbocycles. The number of hydrogen-bond donors (Lipinski definition) is 1. The number of likely N-dealkylation sites (tertiary alicyclic amines) is 1. The van der Waals surface area contributed by atoms with E-state index in [1.54, 1.807) is 18.2 Å². The lowest BCUT2D eigenvalue weighted by atomic mass is 10.2. The third-order valence-corrected chi connectivity index (χ3v) is 4.61. The Morgan fingerprint density at radius 1 is 1.00 bits per heavy atom. The first-order valence-electron chi connectivity index (χ1n) is 7.97. The summed E-state index contributed by atoms with van der Waals surface area (Å²) in [7, 11) is 0. The van der Waals surface area contributed by atoms with E-state index in [2.05, 4.69) is 15.3 Å². The topological polar surface area (TPSA) is 58.1 Å². The zero-order valence-electron chi connectivity index (χ0n) is 13.1. The van der Waals surface area contributed by atoms with Crippen LogP contribution in [0.1, 0.15) is 36.2 Å². The highest BCUT2D eigenvalue weighted by Crippen LogP contribution is 2.31. The summed E-state index contributed by atoms with van der Waals surface area (Å²) in [6, 6.07) is 5.24. The van der Waals surface area contributed by atoms with Crippen molar-refractivity contribution in [1.82, 2.24) is 14.9 Å². The van der Waals surface area contributed by atoms with Gasteiger partial charge in [-0.25, -0.2) is 9.97 Å². The Balaban J connectivity index is 1.72. The van der Waals surface area contributed by atoms with Crippen LogP contribution in [0.25, 0.3) is 0 Å². The summed E-state index contributed by atoms with van der Waals surface area (Å²) in [6.45, 7) is 1.57. The van der Waals surface area contributed by atoms with Crippen molar-refractivity contribution in [2.45, 2.75) is 25.7 Å². The maximum Gasteiger partial charge on any atom is 0.274 e. The van der Waals surface area contributed by atoms with E-state index in [4.69, 9.17) is 23.2 Å². The molecule has 1 saturated heterocycles. The first kappa shape index (κ1) is 17.0. The van der Waals surface area contributed by atoms with Crippen molar-refractivity contribution >= 4 is 40.6 Å². The van der Waals surface area contributed by atoms with Crippen LogP contribution in [-0.4, -0.2) is 33.9 Å². The molecule has 0 spiro atoms. The second kappa shape index (κ2) is 7.81. The molecule has 24 heavy (non-hydrogen) atoms. The van der Waals surface area contributed by atoms with E-state index in [0.29, 0.717) is 27.2 Å². The van der Waals surface area contributed by atoms with Crippen molar-refractivity contribution in [2.24, 2.45) is 0 Å². The summed E-state index contributed by atoms with van der Waals surface area (Å²) in [5.74, 6) is 0.421. The summed E-state index contributed by atoms with van der Waals surface area (Å²) in [4.78, 5) is 22.8. The van der Waals surface area contributed by atoms with Gasteiger partial charge in [-0.2, -0.15) is 0 Å². The van der Waals surface area contributed by atoms with Gasteiger partial charge in [0.1, 0.15) is 11.5 Å². The molecule has 1 fully saturated rings. The van der Waals surface area contributed by atoms with Gasteiger partial charge in [0.25, 0.3) is 5.91 Å². The number of carbonyl (C=O) groups is 1. The minimum Gasteiger partial charge on any atom is -0.337 e. The molecule has 5 nitrogen and oxygen atoms in total. The highest BCUT2D eigenvalue weighted by Gasteiger charge is 2.18. The quantitative estimate of drug-likeness (QED) is 0.867. The second-order valence-corrected chi connectivity index (χ2v) is 6.53. The molecule has 0 unspecified atom stereocenters. The van der Waals surface area contributed by atoms with Gasteiger partial charge in [0.05, 0.1) is 28.1 Å². The predicted octanol–water partition coefficient (Wildman–Crippen LogP) is 4.54. The Labute approximate surface area is 151 Å². The molecular weight excluding hydrogens is 347 g/mol. The fourth-order valence-electron chi connectivity index (χ4n) is 2.68. The molecule has 0 saturated carbocycles. The van der Waals surface area contributed by atoms with Crippen LogP contribution < -0.4 is 5.32 Å². The van der Waals surface area contributed by atoms with Crippen LogP contribution in [0.5, 0.6) is 0 Å². The molecule has 3 rings (SSSR count). The van der Waals surface area contributed by atoms with Crippen LogP contribution in [0, 0.1) is 0 Å². The Kier molecular flexibility index (Phi) is 5.53. The molecule has 126 valence electrons. The first-order chi connectivity index (χ1) is 11.6. The SMILES string of the molecule is O=C(c1cnc(Nc2c(Cl)cccc2Cl)cn1)N1CCCCCC1. The monoisotopic (exact) mass is 364 g/mol. The maximum atomic E-state index is 12.5. The number of hydrogen-bond acceptors (Lipinski definition) is 4. The number of halogens is 2. The number of nitrogens with zero attached hydrogens (tertiary/aromatic N) is 3. The average Bonchev–Trinajstić information content (AvgIpc) is 2.88. The molecule has 2 aromatic rings. The molecule has 1 aromatic carbocycles. The van der Waals surface area contributed by atoms with Gasteiger partial charge in [-0.1, -0.05) is 42.1 Å². The van der Waals surface area contributed by atoms with Crippen molar-refractivity contribution < 1.29 is 4.79 Å². The molecule has 1 amide bonds. The van der Waals surface area contributed by atoms with Gasteiger partial charge >= 0.3 is 0 Å². The summed E-state index contributed by atoms with van der Waals surface area (Å²) in [6.07, 6.45) is 7.45. The molecule has 1 aliphatic heterocycles. The third-order valence-electron chi connectivity index (χ3n) is 3.98. The molecule has 1 aromatic heterocycles. The highest BCUT2D eigenvalue weighted by molar-refractivity contribution is 6.39. The lowest BCUT2D eigenvalue weighted by Crippen LogP contribution is -2.32. The smallest absolute Gasteiger partial charge is 0.274 e. The third kappa shape index (κ3) is 3.97. The molecule has 2 heterocycles. The van der Waals surface area contributed by atoms with Gasteiger partial charge in [0.2, 0.25) is 0 Å². The van der Waals surface area contributed by atoms with Crippen molar-refractivity contribution in [2.75, 3.05) is 18.4 Å². The first-order valence-corrected chi connectivity index (χ1v) is 8.73. The molecular formula is C17H18Cl2N4O. The molecule has 1 aliphatic rings. The van der Waals surface area contributed by atoms with Gasteiger partial charge in [-0.05, 0) is 25.0 Å². The van der Waals surface area contributed by atoms with Crippen molar-refractivity contribution in [3.8, 4) is 0 Å². The largest absolute Gasteiger partial charge is 0.337 e. The lowest BCUT2D eigenvalue weighted by Gasteiger charge is -2.19. The number of nitrogens with one attached hydrogen (secondary N) is 1. The van der Waals surface area contributed by atoms with Gasteiger partial charge in [0.15, 0.2) is 0 Å². The average molecular weight is 365 g/mol. The van der Waals surface area contributed by atoms with Crippen molar-refractivity contribution in [1.29, 1.82) is 0 Å². The molecule has 0 radical (unpaired) electrons. The van der Waals surface area contributed by atoms with E-state index >= 15 is 0 Å². The summed E-state index contributed by atoms with van der Waals surface area (Å²) in [5.41, 5.74) is 0.925. The van der Waals surface area contributed by atoms with E-state index in [-0.39, 0.29) is 5.91 Å². The van der Waals surface area contributed by atoms with Crippen molar-refractivity contribution in [3.05, 3.63) is 46.3 Å². The Morgan fingerprint density at radius 3 is 2.25 bits per heavy atom. The summed E-state index contributed by atoms with van der Waals surface area (Å²) >= 11 is 12.2.